The first kappa shape index (κ1) is 17.2. The first-order valence-corrected chi connectivity index (χ1v) is 10.0. The number of carbonyl (C=O) groups is 1. The molecule has 0 radical (unpaired) electrons. The largest absolute Gasteiger partial charge is 0.480 e. The predicted molar refractivity (Wildman–Crippen MR) is 95.8 cm³/mol. The van der Waals surface area contributed by atoms with Crippen molar-refractivity contribution in [1.82, 2.24) is 9.71 Å². The number of benzene rings is 1. The molecule has 3 N–H and O–H groups in total. The summed E-state index contributed by atoms with van der Waals surface area (Å²) in [7, 11) is -3.89. The van der Waals surface area contributed by atoms with E-state index in [4.69, 9.17) is 0 Å². The lowest BCUT2D eigenvalue weighted by atomic mass is 10.1. The second-order valence-corrected chi connectivity index (χ2v) is 9.54. The van der Waals surface area contributed by atoms with Crippen molar-refractivity contribution in [3.8, 4) is 0 Å². The van der Waals surface area contributed by atoms with Gasteiger partial charge in [-0.1, -0.05) is 18.2 Å². The smallest absolute Gasteiger partial charge is 0.322 e. The van der Waals surface area contributed by atoms with Gasteiger partial charge in [0.05, 0.1) is 3.79 Å². The summed E-state index contributed by atoms with van der Waals surface area (Å²) in [5, 5.41) is 10.3. The van der Waals surface area contributed by atoms with Crippen LogP contribution in [0.5, 0.6) is 0 Å². The lowest BCUT2D eigenvalue weighted by molar-refractivity contribution is -0.138. The number of nitrogens with one attached hydrogen (secondary N) is 2. The van der Waals surface area contributed by atoms with Gasteiger partial charge in [0.15, 0.2) is 0 Å². The zero-order valence-electron chi connectivity index (χ0n) is 12.2. The monoisotopic (exact) mass is 428 g/mol. The van der Waals surface area contributed by atoms with E-state index in [0.29, 0.717) is 3.79 Å². The van der Waals surface area contributed by atoms with Crippen LogP contribution in [-0.4, -0.2) is 30.5 Å². The molecule has 3 rings (SSSR count). The number of H-pyrrole nitrogens is 1. The summed E-state index contributed by atoms with van der Waals surface area (Å²) >= 11 is 4.23. The Bertz CT molecular complexity index is 994. The molecule has 0 aliphatic rings. The van der Waals surface area contributed by atoms with Crippen molar-refractivity contribution in [2.24, 2.45) is 0 Å². The van der Waals surface area contributed by atoms with Crippen molar-refractivity contribution < 1.29 is 18.3 Å². The lowest BCUT2D eigenvalue weighted by Crippen LogP contribution is -2.41. The molecule has 0 fully saturated rings. The molecule has 9 heteroatoms. The van der Waals surface area contributed by atoms with Crippen molar-refractivity contribution >= 4 is 54.2 Å². The van der Waals surface area contributed by atoms with Crippen LogP contribution in [-0.2, 0) is 21.2 Å². The third-order valence-corrected chi connectivity index (χ3v) is 7.10. The number of aromatic nitrogens is 1. The number of carboxylic acid groups (broad SMARTS) is 1. The summed E-state index contributed by atoms with van der Waals surface area (Å²) in [5.74, 6) is -1.22. The number of hydrogen-bond donors (Lipinski definition) is 3. The molecule has 2 aromatic heterocycles. The van der Waals surface area contributed by atoms with Crippen LogP contribution in [0.25, 0.3) is 10.9 Å². The highest BCUT2D eigenvalue weighted by Gasteiger charge is 2.27. The molecule has 1 unspecified atom stereocenters. The standard InChI is InChI=1S/C15H13BrN2O4S2/c16-13-5-6-14(23-13)24(21,22)18-12(15(19)20)7-9-8-17-11-4-2-1-3-10(9)11/h1-6,8,12,17-18H,7H2,(H,19,20). The van der Waals surface area contributed by atoms with E-state index in [2.05, 4.69) is 25.6 Å². The average molecular weight is 429 g/mol. The van der Waals surface area contributed by atoms with E-state index < -0.39 is 22.0 Å². The molecule has 0 amide bonds. The van der Waals surface area contributed by atoms with Gasteiger partial charge >= 0.3 is 5.97 Å². The maximum Gasteiger partial charge on any atom is 0.322 e. The molecule has 0 aliphatic carbocycles. The number of carboxylic acids is 1. The molecule has 1 atom stereocenters. The highest BCUT2D eigenvalue weighted by Crippen LogP contribution is 2.26. The molecule has 0 spiro atoms. The molecule has 0 saturated heterocycles. The number of thiophene rings is 1. The highest BCUT2D eigenvalue weighted by atomic mass is 79.9. The number of rotatable bonds is 6. The van der Waals surface area contributed by atoms with Crippen molar-refractivity contribution in [3.05, 3.63) is 51.9 Å². The molecular weight excluding hydrogens is 416 g/mol. The van der Waals surface area contributed by atoms with Crippen LogP contribution >= 0.6 is 27.3 Å². The quantitative estimate of drug-likeness (QED) is 0.561. The molecule has 6 nitrogen and oxygen atoms in total. The van der Waals surface area contributed by atoms with E-state index in [1.807, 2.05) is 24.3 Å². The number of para-hydroxylation sites is 1. The van der Waals surface area contributed by atoms with Crippen LogP contribution in [0.2, 0.25) is 0 Å². The van der Waals surface area contributed by atoms with E-state index in [-0.39, 0.29) is 10.6 Å². The van der Waals surface area contributed by atoms with Crippen LogP contribution in [0, 0.1) is 0 Å². The Morgan fingerprint density at radius 2 is 2.04 bits per heavy atom. The van der Waals surface area contributed by atoms with Gasteiger partial charge in [0.1, 0.15) is 10.3 Å². The average Bonchev–Trinajstić information content (AvgIpc) is 3.14. The molecule has 0 saturated carbocycles. The fraction of sp³-hybridized carbons (Fsp3) is 0.133. The highest BCUT2D eigenvalue weighted by molar-refractivity contribution is 9.11. The minimum atomic E-state index is -3.89. The summed E-state index contributed by atoms with van der Waals surface area (Å²) in [6, 6.07) is 9.25. The summed E-state index contributed by atoms with van der Waals surface area (Å²) in [6.07, 6.45) is 1.75. The number of aromatic amines is 1. The number of halogens is 1. The molecular formula is C15H13BrN2O4S2. The normalized spacial score (nSPS) is 13.2. The van der Waals surface area contributed by atoms with E-state index in [0.717, 1.165) is 27.8 Å². The number of aliphatic carboxylic acids is 1. The SMILES string of the molecule is O=C(O)C(Cc1c[nH]c2ccccc12)NS(=O)(=O)c1ccc(Br)s1. The fourth-order valence-corrected chi connectivity index (χ4v) is 5.60. The molecule has 1 aromatic carbocycles. The van der Waals surface area contributed by atoms with Gasteiger partial charge in [-0.2, -0.15) is 4.72 Å². The van der Waals surface area contributed by atoms with Crippen LogP contribution in [0.1, 0.15) is 5.56 Å². The Balaban J connectivity index is 1.87. The van der Waals surface area contributed by atoms with Gasteiger partial charge in [0.2, 0.25) is 0 Å². The van der Waals surface area contributed by atoms with E-state index >= 15 is 0 Å². The number of sulfonamides is 1. The lowest BCUT2D eigenvalue weighted by Gasteiger charge is -2.13. The van der Waals surface area contributed by atoms with E-state index in [1.54, 1.807) is 12.3 Å². The van der Waals surface area contributed by atoms with Gasteiger partial charge < -0.3 is 10.1 Å². The maximum atomic E-state index is 12.4. The first-order valence-electron chi connectivity index (χ1n) is 6.92. The predicted octanol–water partition coefficient (Wildman–Crippen LogP) is 2.97. The number of fused-ring (bicyclic) bond motifs is 1. The zero-order chi connectivity index (χ0) is 17.3. The number of hydrogen-bond acceptors (Lipinski definition) is 4. The van der Waals surface area contributed by atoms with Gasteiger partial charge in [0.25, 0.3) is 10.0 Å². The van der Waals surface area contributed by atoms with E-state index in [1.165, 1.54) is 6.07 Å². The van der Waals surface area contributed by atoms with Crippen LogP contribution in [0.4, 0.5) is 0 Å². The molecule has 126 valence electrons. The van der Waals surface area contributed by atoms with Crippen molar-refractivity contribution in [2.75, 3.05) is 0 Å². The van der Waals surface area contributed by atoms with Crippen LogP contribution in [0.3, 0.4) is 0 Å². The van der Waals surface area contributed by atoms with E-state index in [9.17, 15) is 18.3 Å². The second kappa shape index (κ2) is 6.67. The molecule has 2 heterocycles. The van der Waals surface area contributed by atoms with Gasteiger partial charge in [-0.05, 0) is 39.7 Å². The van der Waals surface area contributed by atoms with Gasteiger partial charge in [0, 0.05) is 23.5 Å². The molecule has 24 heavy (non-hydrogen) atoms. The molecule has 0 aliphatic heterocycles. The Morgan fingerprint density at radius 1 is 1.29 bits per heavy atom. The maximum absolute atomic E-state index is 12.4. The minimum absolute atomic E-state index is 0.0467. The Hall–Kier alpha value is -1.68. The van der Waals surface area contributed by atoms with Crippen LogP contribution < -0.4 is 4.72 Å². The molecule has 0 bridgehead atoms. The van der Waals surface area contributed by atoms with Gasteiger partial charge in [-0.25, -0.2) is 8.42 Å². The Labute approximate surface area is 150 Å². The molecule has 3 aromatic rings. The van der Waals surface area contributed by atoms with Crippen LogP contribution in [0.15, 0.2) is 50.6 Å². The van der Waals surface area contributed by atoms with Crippen molar-refractivity contribution in [2.45, 2.75) is 16.7 Å². The van der Waals surface area contributed by atoms with Crippen molar-refractivity contribution in [1.29, 1.82) is 0 Å². The second-order valence-electron chi connectivity index (χ2n) is 5.13. The topological polar surface area (TPSA) is 99.3 Å². The van der Waals surface area contributed by atoms with Gasteiger partial charge in [-0.15, -0.1) is 11.3 Å². The fourth-order valence-electron chi connectivity index (χ4n) is 2.39. The first-order chi connectivity index (χ1) is 11.4. The Morgan fingerprint density at radius 3 is 2.71 bits per heavy atom. The third kappa shape index (κ3) is 3.54. The zero-order valence-corrected chi connectivity index (χ0v) is 15.4. The Kier molecular flexibility index (Phi) is 4.77. The van der Waals surface area contributed by atoms with Gasteiger partial charge in [-0.3, -0.25) is 4.79 Å². The summed E-state index contributed by atoms with van der Waals surface area (Å²) in [5.41, 5.74) is 1.62. The summed E-state index contributed by atoms with van der Waals surface area (Å²) in [6.45, 7) is 0. The summed E-state index contributed by atoms with van der Waals surface area (Å²) < 4.78 is 27.7. The third-order valence-electron chi connectivity index (χ3n) is 3.51. The van der Waals surface area contributed by atoms with Crippen molar-refractivity contribution in [3.63, 3.8) is 0 Å². The summed E-state index contributed by atoms with van der Waals surface area (Å²) in [4.78, 5) is 14.6. The minimum Gasteiger partial charge on any atom is -0.480 e.